The summed E-state index contributed by atoms with van der Waals surface area (Å²) in [6.07, 6.45) is 0. The van der Waals surface area contributed by atoms with E-state index in [0.717, 1.165) is 17.2 Å². The minimum Gasteiger partial charge on any atom is -0.486 e. The third-order valence-corrected chi connectivity index (χ3v) is 3.14. The normalized spacial score (nSPS) is 10.3. The number of rotatable bonds is 4. The number of halogens is 1. The third kappa shape index (κ3) is 3.15. The van der Waals surface area contributed by atoms with Gasteiger partial charge in [0.15, 0.2) is 11.6 Å². The lowest BCUT2D eigenvalue weighted by molar-refractivity contribution is 0.0696. The van der Waals surface area contributed by atoms with Crippen molar-refractivity contribution in [3.63, 3.8) is 0 Å². The van der Waals surface area contributed by atoms with Gasteiger partial charge in [-0.25, -0.2) is 9.18 Å². The van der Waals surface area contributed by atoms with Crippen LogP contribution in [0, 0.1) is 19.7 Å². The molecule has 0 aliphatic carbocycles. The Labute approximate surface area is 116 Å². The fourth-order valence-corrected chi connectivity index (χ4v) is 1.81. The van der Waals surface area contributed by atoms with Gasteiger partial charge in [-0.15, -0.1) is 0 Å². The lowest BCUT2D eigenvalue weighted by Crippen LogP contribution is -2.01. The van der Waals surface area contributed by atoms with E-state index in [1.807, 2.05) is 32.0 Å². The lowest BCUT2D eigenvalue weighted by atomic mass is 10.1. The predicted octanol–water partition coefficient (Wildman–Crippen LogP) is 3.72. The van der Waals surface area contributed by atoms with E-state index in [1.165, 1.54) is 17.7 Å². The summed E-state index contributed by atoms with van der Waals surface area (Å²) in [4.78, 5) is 10.7. The van der Waals surface area contributed by atoms with Crippen molar-refractivity contribution in [1.29, 1.82) is 0 Å². The van der Waals surface area contributed by atoms with Crippen molar-refractivity contribution in [3.05, 3.63) is 64.5 Å². The van der Waals surface area contributed by atoms with Crippen LogP contribution < -0.4 is 4.74 Å². The Morgan fingerprint density at radius 1 is 1.15 bits per heavy atom. The molecule has 0 aromatic heterocycles. The fraction of sp³-hybridized carbons (Fsp3) is 0.188. The molecule has 2 aromatic carbocycles. The molecule has 0 bridgehead atoms. The Kier molecular flexibility index (Phi) is 4.03. The Morgan fingerprint density at radius 2 is 1.90 bits per heavy atom. The highest BCUT2D eigenvalue weighted by Crippen LogP contribution is 2.20. The second kappa shape index (κ2) is 5.74. The summed E-state index contributed by atoms with van der Waals surface area (Å²) < 4.78 is 19.1. The summed E-state index contributed by atoms with van der Waals surface area (Å²) in [7, 11) is 0. The summed E-state index contributed by atoms with van der Waals surface area (Å²) in [5.74, 6) is -1.79. The van der Waals surface area contributed by atoms with Gasteiger partial charge in [0.1, 0.15) is 6.61 Å². The van der Waals surface area contributed by atoms with Gasteiger partial charge in [-0.1, -0.05) is 18.2 Å². The van der Waals surface area contributed by atoms with Crippen molar-refractivity contribution in [2.24, 2.45) is 0 Å². The molecule has 3 nitrogen and oxygen atoms in total. The van der Waals surface area contributed by atoms with Crippen molar-refractivity contribution in [2.75, 3.05) is 0 Å². The van der Waals surface area contributed by atoms with E-state index < -0.39 is 11.8 Å². The van der Waals surface area contributed by atoms with E-state index in [0.29, 0.717) is 0 Å². The first-order valence-corrected chi connectivity index (χ1v) is 6.19. The first-order chi connectivity index (χ1) is 9.47. The van der Waals surface area contributed by atoms with E-state index in [-0.39, 0.29) is 17.9 Å². The minimum absolute atomic E-state index is 0.0493. The highest BCUT2D eigenvalue weighted by molar-refractivity contribution is 5.87. The molecule has 4 heteroatoms. The minimum atomic E-state index is -1.16. The van der Waals surface area contributed by atoms with E-state index in [2.05, 4.69) is 0 Å². The van der Waals surface area contributed by atoms with Gasteiger partial charge in [0.2, 0.25) is 0 Å². The van der Waals surface area contributed by atoms with Crippen LogP contribution in [-0.4, -0.2) is 11.1 Å². The number of hydrogen-bond donors (Lipinski definition) is 1. The second-order valence-corrected chi connectivity index (χ2v) is 4.66. The van der Waals surface area contributed by atoms with Gasteiger partial charge in [-0.2, -0.15) is 0 Å². The zero-order chi connectivity index (χ0) is 14.7. The molecule has 0 radical (unpaired) electrons. The molecule has 0 saturated heterocycles. The first-order valence-electron chi connectivity index (χ1n) is 6.19. The smallest absolute Gasteiger partial charge is 0.335 e. The predicted molar refractivity (Wildman–Crippen MR) is 73.6 cm³/mol. The number of aromatic carboxylic acids is 1. The number of carboxylic acid groups (broad SMARTS) is 1. The average molecular weight is 274 g/mol. The van der Waals surface area contributed by atoms with Crippen molar-refractivity contribution in [2.45, 2.75) is 20.5 Å². The molecule has 0 spiro atoms. The van der Waals surface area contributed by atoms with Gasteiger partial charge in [0.25, 0.3) is 0 Å². The van der Waals surface area contributed by atoms with Crippen LogP contribution in [0.3, 0.4) is 0 Å². The number of carboxylic acids is 1. The molecule has 0 aliphatic heterocycles. The Morgan fingerprint density at radius 3 is 2.50 bits per heavy atom. The van der Waals surface area contributed by atoms with Crippen molar-refractivity contribution in [3.8, 4) is 5.75 Å². The Bertz CT molecular complexity index is 650. The molecule has 0 amide bonds. The maximum atomic E-state index is 13.7. The molecule has 1 N–H and O–H groups in total. The van der Waals surface area contributed by atoms with Gasteiger partial charge < -0.3 is 9.84 Å². The summed E-state index contributed by atoms with van der Waals surface area (Å²) in [6.45, 7) is 4.26. The van der Waals surface area contributed by atoms with Crippen LogP contribution in [0.5, 0.6) is 5.75 Å². The van der Waals surface area contributed by atoms with Gasteiger partial charge >= 0.3 is 5.97 Å². The highest BCUT2D eigenvalue weighted by atomic mass is 19.1. The average Bonchev–Trinajstić information content (AvgIpc) is 2.41. The maximum Gasteiger partial charge on any atom is 0.335 e. The van der Waals surface area contributed by atoms with Crippen molar-refractivity contribution >= 4 is 5.97 Å². The van der Waals surface area contributed by atoms with Crippen LogP contribution in [0.25, 0.3) is 0 Å². The van der Waals surface area contributed by atoms with Gasteiger partial charge in [0.05, 0.1) is 5.56 Å². The largest absolute Gasteiger partial charge is 0.486 e. The van der Waals surface area contributed by atoms with Gasteiger partial charge in [0, 0.05) is 0 Å². The second-order valence-electron chi connectivity index (χ2n) is 4.66. The summed E-state index contributed by atoms with van der Waals surface area (Å²) >= 11 is 0. The quantitative estimate of drug-likeness (QED) is 0.924. The van der Waals surface area contributed by atoms with Crippen LogP contribution in [0.1, 0.15) is 27.0 Å². The molecule has 0 unspecified atom stereocenters. The molecular formula is C16H15FO3. The number of carbonyl (C=O) groups is 1. The van der Waals surface area contributed by atoms with E-state index in [9.17, 15) is 9.18 Å². The molecule has 0 atom stereocenters. The summed E-state index contributed by atoms with van der Waals surface area (Å²) in [6, 6.07) is 9.50. The molecular weight excluding hydrogens is 259 g/mol. The number of aryl methyl sites for hydroxylation is 2. The first kappa shape index (κ1) is 14.1. The van der Waals surface area contributed by atoms with E-state index in [4.69, 9.17) is 9.84 Å². The number of hydrogen-bond acceptors (Lipinski definition) is 2. The van der Waals surface area contributed by atoms with Crippen LogP contribution >= 0.6 is 0 Å². The molecule has 0 heterocycles. The summed E-state index contributed by atoms with van der Waals surface area (Å²) in [5.41, 5.74) is 3.18. The molecule has 104 valence electrons. The van der Waals surface area contributed by atoms with E-state index >= 15 is 0 Å². The van der Waals surface area contributed by atoms with Crippen LogP contribution in [0.4, 0.5) is 4.39 Å². The Balaban J connectivity index is 2.10. The SMILES string of the molecule is Cc1ccc(COc2ccc(C(=O)O)cc2F)cc1C. The molecule has 0 saturated carbocycles. The topological polar surface area (TPSA) is 46.5 Å². The van der Waals surface area contributed by atoms with E-state index in [1.54, 1.807) is 0 Å². The molecule has 0 aliphatic rings. The molecule has 20 heavy (non-hydrogen) atoms. The molecule has 2 rings (SSSR count). The number of benzene rings is 2. The maximum absolute atomic E-state index is 13.7. The zero-order valence-corrected chi connectivity index (χ0v) is 11.3. The van der Waals surface area contributed by atoms with Crippen LogP contribution in [0.15, 0.2) is 36.4 Å². The lowest BCUT2D eigenvalue weighted by Gasteiger charge is -2.09. The van der Waals surface area contributed by atoms with Crippen LogP contribution in [0.2, 0.25) is 0 Å². The monoisotopic (exact) mass is 274 g/mol. The fourth-order valence-electron chi connectivity index (χ4n) is 1.81. The molecule has 0 fully saturated rings. The van der Waals surface area contributed by atoms with Gasteiger partial charge in [-0.3, -0.25) is 0 Å². The summed E-state index contributed by atoms with van der Waals surface area (Å²) in [5, 5.41) is 8.76. The molecule has 2 aromatic rings. The van der Waals surface area contributed by atoms with Gasteiger partial charge in [-0.05, 0) is 48.7 Å². The van der Waals surface area contributed by atoms with Crippen molar-refractivity contribution in [1.82, 2.24) is 0 Å². The number of ether oxygens (including phenoxy) is 1. The Hall–Kier alpha value is -2.36. The van der Waals surface area contributed by atoms with Crippen LogP contribution in [-0.2, 0) is 6.61 Å². The highest BCUT2D eigenvalue weighted by Gasteiger charge is 2.09. The zero-order valence-electron chi connectivity index (χ0n) is 11.3. The third-order valence-electron chi connectivity index (χ3n) is 3.14. The van der Waals surface area contributed by atoms with Crippen molar-refractivity contribution < 1.29 is 19.0 Å². The standard InChI is InChI=1S/C16H15FO3/c1-10-3-4-12(7-11(10)2)9-20-15-6-5-13(16(18)19)8-14(15)17/h3-8H,9H2,1-2H3,(H,18,19).